The molecule has 0 spiro atoms. The number of benzene rings is 1. The number of rotatable bonds is 8. The molecular weight excluding hydrogens is 383 g/mol. The summed E-state index contributed by atoms with van der Waals surface area (Å²) in [6.07, 6.45) is 1.91. The second-order valence-electron chi connectivity index (χ2n) is 7.74. The first-order chi connectivity index (χ1) is 14.3. The Hall–Kier alpha value is -3.22. The van der Waals surface area contributed by atoms with E-state index in [-0.39, 0.29) is 11.7 Å². The first-order valence-corrected chi connectivity index (χ1v) is 9.99. The second-order valence-corrected chi connectivity index (χ2v) is 7.74. The molecule has 1 aromatic carbocycles. The van der Waals surface area contributed by atoms with Crippen LogP contribution in [0, 0.1) is 25.6 Å². The maximum Gasteiger partial charge on any atom is 0.224 e. The Labute approximate surface area is 176 Å². The summed E-state index contributed by atoms with van der Waals surface area (Å²) in [5.74, 6) is 0.974. The number of nitrogens with zero attached hydrogens (tertiary/aromatic N) is 3. The van der Waals surface area contributed by atoms with E-state index in [4.69, 9.17) is 4.74 Å². The Morgan fingerprint density at radius 3 is 2.63 bits per heavy atom. The van der Waals surface area contributed by atoms with Gasteiger partial charge in [0.05, 0.1) is 12.1 Å². The van der Waals surface area contributed by atoms with Gasteiger partial charge in [-0.25, -0.2) is 9.37 Å². The van der Waals surface area contributed by atoms with E-state index in [9.17, 15) is 9.18 Å². The molecule has 0 aliphatic heterocycles. The summed E-state index contributed by atoms with van der Waals surface area (Å²) in [6.45, 7) is 9.43. The fraction of sp³-hybridized carbons (Fsp3) is 0.348. The molecule has 0 saturated heterocycles. The van der Waals surface area contributed by atoms with E-state index in [2.05, 4.69) is 29.2 Å². The minimum atomic E-state index is -0.327. The second kappa shape index (κ2) is 9.52. The number of aromatic nitrogens is 3. The van der Waals surface area contributed by atoms with Crippen LogP contribution in [-0.2, 0) is 24.3 Å². The van der Waals surface area contributed by atoms with Crippen molar-refractivity contribution < 1.29 is 13.9 Å². The van der Waals surface area contributed by atoms with Gasteiger partial charge in [-0.2, -0.15) is 5.10 Å². The van der Waals surface area contributed by atoms with Crippen LogP contribution < -0.4 is 10.1 Å². The van der Waals surface area contributed by atoms with Crippen molar-refractivity contribution in [2.75, 3.05) is 0 Å². The average Bonchev–Trinajstić information content (AvgIpc) is 2.95. The highest BCUT2D eigenvalue weighted by molar-refractivity contribution is 5.79. The lowest BCUT2D eigenvalue weighted by Crippen LogP contribution is -2.25. The molecule has 158 valence electrons. The third-order valence-electron chi connectivity index (χ3n) is 4.73. The minimum Gasteiger partial charge on any atom is -0.439 e. The highest BCUT2D eigenvalue weighted by Crippen LogP contribution is 2.20. The van der Waals surface area contributed by atoms with Crippen LogP contribution in [0.2, 0.25) is 0 Å². The summed E-state index contributed by atoms with van der Waals surface area (Å²) < 4.78 is 20.6. The van der Waals surface area contributed by atoms with Crippen LogP contribution in [0.3, 0.4) is 0 Å². The van der Waals surface area contributed by atoms with Crippen LogP contribution in [0.25, 0.3) is 0 Å². The van der Waals surface area contributed by atoms with Crippen LogP contribution >= 0.6 is 0 Å². The summed E-state index contributed by atoms with van der Waals surface area (Å²) in [6, 6.07) is 9.29. The molecule has 1 amide bonds. The van der Waals surface area contributed by atoms with E-state index in [1.165, 1.54) is 24.3 Å². The number of ether oxygens (including phenoxy) is 1. The Balaban J connectivity index is 1.59. The zero-order chi connectivity index (χ0) is 21.7. The van der Waals surface area contributed by atoms with E-state index in [0.29, 0.717) is 30.5 Å². The largest absolute Gasteiger partial charge is 0.439 e. The standard InChI is InChI=1S/C23H27FN4O2/c1-15(2)14-28-17(4)21(16(3)27-28)12-22(29)26-13-18-9-10-25-23(11-18)30-20-7-5-19(24)6-8-20/h5-11,15H,12-14H2,1-4H3,(H,26,29). The number of carbonyl (C=O) groups is 1. The van der Waals surface area contributed by atoms with Gasteiger partial charge in [0, 0.05) is 36.6 Å². The zero-order valence-electron chi connectivity index (χ0n) is 17.8. The van der Waals surface area contributed by atoms with Gasteiger partial charge in [-0.15, -0.1) is 0 Å². The third-order valence-corrected chi connectivity index (χ3v) is 4.73. The van der Waals surface area contributed by atoms with Gasteiger partial charge in [0.15, 0.2) is 0 Å². The molecule has 6 nitrogen and oxygen atoms in total. The van der Waals surface area contributed by atoms with Crippen LogP contribution in [-0.4, -0.2) is 20.7 Å². The number of amides is 1. The average molecular weight is 410 g/mol. The van der Waals surface area contributed by atoms with Crippen molar-refractivity contribution in [1.29, 1.82) is 0 Å². The number of nitrogens with one attached hydrogen (secondary N) is 1. The van der Waals surface area contributed by atoms with Gasteiger partial charge < -0.3 is 10.1 Å². The highest BCUT2D eigenvalue weighted by atomic mass is 19.1. The van der Waals surface area contributed by atoms with Crippen LogP contribution in [0.1, 0.15) is 36.4 Å². The Bertz CT molecular complexity index is 1010. The van der Waals surface area contributed by atoms with Gasteiger partial charge in [0.1, 0.15) is 11.6 Å². The molecule has 0 aliphatic carbocycles. The SMILES string of the molecule is Cc1nn(CC(C)C)c(C)c1CC(=O)NCc1ccnc(Oc2ccc(F)cc2)c1. The molecule has 2 heterocycles. The molecule has 1 N–H and O–H groups in total. The van der Waals surface area contributed by atoms with Crippen molar-refractivity contribution in [1.82, 2.24) is 20.1 Å². The summed E-state index contributed by atoms with van der Waals surface area (Å²) in [5.41, 5.74) is 3.76. The summed E-state index contributed by atoms with van der Waals surface area (Å²) in [7, 11) is 0. The topological polar surface area (TPSA) is 69.0 Å². The van der Waals surface area contributed by atoms with Gasteiger partial charge in [0.2, 0.25) is 11.8 Å². The third kappa shape index (κ3) is 5.65. The fourth-order valence-corrected chi connectivity index (χ4v) is 3.18. The predicted molar refractivity (Wildman–Crippen MR) is 113 cm³/mol. The van der Waals surface area contributed by atoms with Crippen molar-refractivity contribution in [3.63, 3.8) is 0 Å². The number of pyridine rings is 1. The minimum absolute atomic E-state index is 0.0666. The Morgan fingerprint density at radius 2 is 1.93 bits per heavy atom. The maximum absolute atomic E-state index is 13.0. The molecule has 0 saturated carbocycles. The molecular formula is C23H27FN4O2. The molecule has 0 unspecified atom stereocenters. The zero-order valence-corrected chi connectivity index (χ0v) is 17.8. The van der Waals surface area contributed by atoms with Crippen molar-refractivity contribution in [2.45, 2.75) is 47.2 Å². The summed E-state index contributed by atoms with van der Waals surface area (Å²) >= 11 is 0. The Morgan fingerprint density at radius 1 is 1.20 bits per heavy atom. The fourth-order valence-electron chi connectivity index (χ4n) is 3.18. The van der Waals surface area contributed by atoms with Crippen molar-refractivity contribution >= 4 is 5.91 Å². The molecule has 0 fully saturated rings. The maximum atomic E-state index is 13.0. The van der Waals surface area contributed by atoms with Crippen LogP contribution in [0.5, 0.6) is 11.6 Å². The van der Waals surface area contributed by atoms with E-state index in [1.54, 1.807) is 12.3 Å². The lowest BCUT2D eigenvalue weighted by molar-refractivity contribution is -0.120. The number of aryl methyl sites for hydroxylation is 1. The smallest absolute Gasteiger partial charge is 0.224 e. The van der Waals surface area contributed by atoms with Gasteiger partial charge in [-0.3, -0.25) is 9.48 Å². The van der Waals surface area contributed by atoms with E-state index >= 15 is 0 Å². The van der Waals surface area contributed by atoms with Gasteiger partial charge >= 0.3 is 0 Å². The number of halogens is 1. The lowest BCUT2D eigenvalue weighted by Gasteiger charge is -2.09. The molecule has 0 atom stereocenters. The number of carbonyl (C=O) groups excluding carboxylic acids is 1. The lowest BCUT2D eigenvalue weighted by atomic mass is 10.1. The first kappa shape index (κ1) is 21.5. The van der Waals surface area contributed by atoms with E-state index < -0.39 is 0 Å². The normalized spacial score (nSPS) is 11.0. The van der Waals surface area contributed by atoms with Gasteiger partial charge in [-0.05, 0) is 55.7 Å². The number of hydrogen-bond donors (Lipinski definition) is 1. The van der Waals surface area contributed by atoms with Crippen LogP contribution in [0.4, 0.5) is 4.39 Å². The molecule has 0 radical (unpaired) electrons. The quantitative estimate of drug-likeness (QED) is 0.600. The van der Waals surface area contributed by atoms with Gasteiger partial charge in [0.25, 0.3) is 0 Å². The Kier molecular flexibility index (Phi) is 6.82. The van der Waals surface area contributed by atoms with Gasteiger partial charge in [-0.1, -0.05) is 13.8 Å². The highest BCUT2D eigenvalue weighted by Gasteiger charge is 2.15. The molecule has 0 bridgehead atoms. The van der Waals surface area contributed by atoms with Crippen molar-refractivity contribution in [3.05, 3.63) is 70.9 Å². The number of hydrogen-bond acceptors (Lipinski definition) is 4. The predicted octanol–water partition coefficient (Wildman–Crippen LogP) is 4.34. The van der Waals surface area contributed by atoms with Crippen LogP contribution in [0.15, 0.2) is 42.6 Å². The molecule has 2 aromatic heterocycles. The summed E-state index contributed by atoms with van der Waals surface area (Å²) in [4.78, 5) is 16.7. The van der Waals surface area contributed by atoms with Crippen molar-refractivity contribution in [3.8, 4) is 11.6 Å². The molecule has 3 aromatic rings. The van der Waals surface area contributed by atoms with E-state index in [1.807, 2.05) is 24.6 Å². The van der Waals surface area contributed by atoms with Crippen molar-refractivity contribution in [2.24, 2.45) is 5.92 Å². The molecule has 3 rings (SSSR count). The molecule has 30 heavy (non-hydrogen) atoms. The molecule has 0 aliphatic rings. The first-order valence-electron chi connectivity index (χ1n) is 9.99. The monoisotopic (exact) mass is 410 g/mol. The van der Waals surface area contributed by atoms with E-state index in [0.717, 1.165) is 29.1 Å². The molecule has 7 heteroatoms. The summed E-state index contributed by atoms with van der Waals surface area (Å²) in [5, 5.41) is 7.51.